The molecule has 126 valence electrons. The molecule has 1 atom stereocenters. The van der Waals surface area contributed by atoms with Crippen LogP contribution in [0.4, 0.5) is 4.79 Å². The van der Waals surface area contributed by atoms with Crippen molar-refractivity contribution in [1.29, 1.82) is 0 Å². The fourth-order valence-electron chi connectivity index (χ4n) is 2.43. The van der Waals surface area contributed by atoms with E-state index in [9.17, 15) is 9.59 Å². The molecule has 1 aromatic rings. The molecule has 1 fully saturated rings. The van der Waals surface area contributed by atoms with E-state index >= 15 is 0 Å². The van der Waals surface area contributed by atoms with E-state index in [2.05, 4.69) is 5.32 Å². The van der Waals surface area contributed by atoms with E-state index in [0.717, 1.165) is 17.9 Å². The lowest BCUT2D eigenvalue weighted by molar-refractivity contribution is -0.121. The average Bonchev–Trinajstić information content (AvgIpc) is 2.97. The summed E-state index contributed by atoms with van der Waals surface area (Å²) in [5.41, 5.74) is 0.884. The standard InChI is InChI=1S/C16H22N2O4S/c1-11(13-5-4-12(21-2)10-14(13)22-3)17-15(19)6-7-18-8-9-23-16(18)20/h4-5,10-11H,6-9H2,1-3H3,(H,17,19)/t11-/m1/s1. The van der Waals surface area contributed by atoms with Gasteiger partial charge in [0.2, 0.25) is 5.91 Å². The van der Waals surface area contributed by atoms with Crippen LogP contribution in [-0.2, 0) is 4.79 Å². The molecule has 0 spiro atoms. The van der Waals surface area contributed by atoms with Crippen molar-refractivity contribution < 1.29 is 19.1 Å². The zero-order valence-corrected chi connectivity index (χ0v) is 14.4. The SMILES string of the molecule is COc1ccc([C@@H](C)NC(=O)CCN2CCSC2=O)c(OC)c1. The van der Waals surface area contributed by atoms with Gasteiger partial charge in [0.05, 0.1) is 20.3 Å². The second-order valence-electron chi connectivity index (χ2n) is 5.25. The molecule has 1 aromatic carbocycles. The number of amides is 2. The molecule has 23 heavy (non-hydrogen) atoms. The van der Waals surface area contributed by atoms with Crippen LogP contribution >= 0.6 is 11.8 Å². The maximum absolute atomic E-state index is 12.1. The number of ether oxygens (including phenoxy) is 2. The Kier molecular flexibility index (Phi) is 6.15. The molecule has 1 aliphatic rings. The van der Waals surface area contributed by atoms with Gasteiger partial charge < -0.3 is 19.7 Å². The van der Waals surface area contributed by atoms with Gasteiger partial charge >= 0.3 is 0 Å². The Bertz CT molecular complexity index is 579. The number of hydrogen-bond acceptors (Lipinski definition) is 5. The maximum atomic E-state index is 12.1. The molecule has 2 rings (SSSR count). The Hall–Kier alpha value is -1.89. The lowest BCUT2D eigenvalue weighted by Gasteiger charge is -2.19. The number of nitrogens with one attached hydrogen (secondary N) is 1. The summed E-state index contributed by atoms with van der Waals surface area (Å²) in [6.07, 6.45) is 0.301. The van der Waals surface area contributed by atoms with Crippen molar-refractivity contribution in [2.75, 3.05) is 33.1 Å². The molecule has 6 nitrogen and oxygen atoms in total. The van der Waals surface area contributed by atoms with Crippen LogP contribution in [0.2, 0.25) is 0 Å². The summed E-state index contributed by atoms with van der Waals surface area (Å²) in [5.74, 6) is 2.09. The smallest absolute Gasteiger partial charge is 0.281 e. The van der Waals surface area contributed by atoms with E-state index in [1.165, 1.54) is 11.8 Å². The third-order valence-electron chi connectivity index (χ3n) is 3.74. The number of benzene rings is 1. The lowest BCUT2D eigenvalue weighted by atomic mass is 10.1. The highest BCUT2D eigenvalue weighted by atomic mass is 32.2. The molecular formula is C16H22N2O4S. The highest BCUT2D eigenvalue weighted by Gasteiger charge is 2.22. The fraction of sp³-hybridized carbons (Fsp3) is 0.500. The van der Waals surface area contributed by atoms with Crippen LogP contribution in [0.5, 0.6) is 11.5 Å². The predicted octanol–water partition coefficient (Wildman–Crippen LogP) is 2.44. The number of rotatable bonds is 7. The second kappa shape index (κ2) is 8.10. The van der Waals surface area contributed by atoms with Crippen molar-refractivity contribution in [3.63, 3.8) is 0 Å². The Labute approximate surface area is 140 Å². The number of carbonyl (C=O) groups is 2. The normalized spacial score (nSPS) is 15.4. The largest absolute Gasteiger partial charge is 0.497 e. The van der Waals surface area contributed by atoms with Crippen LogP contribution in [0.25, 0.3) is 0 Å². The maximum Gasteiger partial charge on any atom is 0.281 e. The number of hydrogen-bond donors (Lipinski definition) is 1. The van der Waals surface area contributed by atoms with Crippen molar-refractivity contribution in [3.8, 4) is 11.5 Å². The van der Waals surface area contributed by atoms with Crippen molar-refractivity contribution in [1.82, 2.24) is 10.2 Å². The fourth-order valence-corrected chi connectivity index (χ4v) is 3.28. The van der Waals surface area contributed by atoms with Crippen molar-refractivity contribution in [2.24, 2.45) is 0 Å². The molecule has 2 amide bonds. The summed E-state index contributed by atoms with van der Waals surface area (Å²) in [5, 5.41) is 3.00. The minimum atomic E-state index is -0.188. The minimum absolute atomic E-state index is 0.0580. The Balaban J connectivity index is 1.91. The molecule has 0 radical (unpaired) electrons. The minimum Gasteiger partial charge on any atom is -0.497 e. The highest BCUT2D eigenvalue weighted by Crippen LogP contribution is 2.29. The van der Waals surface area contributed by atoms with Crippen molar-refractivity contribution >= 4 is 22.9 Å². The number of nitrogens with zero attached hydrogens (tertiary/aromatic N) is 1. The number of carbonyl (C=O) groups excluding carboxylic acids is 2. The molecule has 0 unspecified atom stereocenters. The molecule has 1 aliphatic heterocycles. The van der Waals surface area contributed by atoms with E-state index in [4.69, 9.17) is 9.47 Å². The zero-order valence-electron chi connectivity index (χ0n) is 13.6. The van der Waals surface area contributed by atoms with Crippen LogP contribution < -0.4 is 14.8 Å². The third kappa shape index (κ3) is 4.54. The monoisotopic (exact) mass is 338 g/mol. The van der Waals surface area contributed by atoms with Crippen LogP contribution in [0.15, 0.2) is 18.2 Å². The quantitative estimate of drug-likeness (QED) is 0.827. The average molecular weight is 338 g/mol. The summed E-state index contributed by atoms with van der Waals surface area (Å²) in [4.78, 5) is 25.3. The molecule has 0 bridgehead atoms. The first kappa shape index (κ1) is 17.5. The van der Waals surface area contributed by atoms with Crippen LogP contribution in [0, 0.1) is 0 Å². The van der Waals surface area contributed by atoms with Gasteiger partial charge in [-0.25, -0.2) is 0 Å². The van der Waals surface area contributed by atoms with Gasteiger partial charge in [-0.2, -0.15) is 0 Å². The van der Waals surface area contributed by atoms with Gasteiger partial charge in [0.25, 0.3) is 5.24 Å². The molecule has 1 saturated heterocycles. The van der Waals surface area contributed by atoms with Crippen LogP contribution in [-0.4, -0.2) is 49.1 Å². The number of thioether (sulfide) groups is 1. The topological polar surface area (TPSA) is 67.9 Å². The summed E-state index contributed by atoms with van der Waals surface area (Å²) >= 11 is 1.30. The Morgan fingerprint density at radius 2 is 2.17 bits per heavy atom. The van der Waals surface area contributed by atoms with Gasteiger partial charge in [0.1, 0.15) is 11.5 Å². The lowest BCUT2D eigenvalue weighted by Crippen LogP contribution is -2.32. The van der Waals surface area contributed by atoms with Crippen molar-refractivity contribution in [2.45, 2.75) is 19.4 Å². The first-order chi connectivity index (χ1) is 11.0. The van der Waals surface area contributed by atoms with Crippen molar-refractivity contribution in [3.05, 3.63) is 23.8 Å². The molecule has 0 aromatic heterocycles. The van der Waals surface area contributed by atoms with Gasteiger partial charge in [-0.3, -0.25) is 9.59 Å². The predicted molar refractivity (Wildman–Crippen MR) is 90.1 cm³/mol. The molecule has 1 heterocycles. The first-order valence-corrected chi connectivity index (χ1v) is 8.46. The Morgan fingerprint density at radius 1 is 1.39 bits per heavy atom. The summed E-state index contributed by atoms with van der Waals surface area (Å²) < 4.78 is 10.5. The zero-order chi connectivity index (χ0) is 16.8. The molecule has 7 heteroatoms. The summed E-state index contributed by atoms with van der Waals surface area (Å²) in [6.45, 7) is 3.09. The van der Waals surface area contributed by atoms with E-state index in [1.807, 2.05) is 19.1 Å². The van der Waals surface area contributed by atoms with E-state index < -0.39 is 0 Å². The van der Waals surface area contributed by atoms with E-state index in [0.29, 0.717) is 24.5 Å². The van der Waals surface area contributed by atoms with Gasteiger partial charge in [0.15, 0.2) is 0 Å². The molecule has 0 aliphatic carbocycles. The summed E-state index contributed by atoms with van der Waals surface area (Å²) in [6, 6.07) is 5.31. The highest BCUT2D eigenvalue weighted by molar-refractivity contribution is 8.13. The summed E-state index contributed by atoms with van der Waals surface area (Å²) in [7, 11) is 3.18. The molecule has 1 N–H and O–H groups in total. The molecular weight excluding hydrogens is 316 g/mol. The van der Waals surface area contributed by atoms with Gasteiger partial charge in [0, 0.05) is 36.9 Å². The van der Waals surface area contributed by atoms with Gasteiger partial charge in [-0.05, 0) is 19.1 Å². The Morgan fingerprint density at radius 3 is 2.78 bits per heavy atom. The first-order valence-electron chi connectivity index (χ1n) is 7.48. The van der Waals surface area contributed by atoms with E-state index in [1.54, 1.807) is 25.2 Å². The number of methoxy groups -OCH3 is 2. The second-order valence-corrected chi connectivity index (χ2v) is 6.29. The molecule has 0 saturated carbocycles. The van der Waals surface area contributed by atoms with Gasteiger partial charge in [-0.1, -0.05) is 11.8 Å². The third-order valence-corrected chi connectivity index (χ3v) is 4.63. The van der Waals surface area contributed by atoms with Gasteiger partial charge in [-0.15, -0.1) is 0 Å². The van der Waals surface area contributed by atoms with E-state index in [-0.39, 0.29) is 17.2 Å². The van der Waals surface area contributed by atoms with Crippen LogP contribution in [0.1, 0.15) is 24.9 Å². The van der Waals surface area contributed by atoms with Crippen LogP contribution in [0.3, 0.4) is 0 Å².